The van der Waals surface area contributed by atoms with Crippen LogP contribution in [-0.2, 0) is 6.54 Å². The maximum Gasteiger partial charge on any atom is 0.269 e. The molecule has 0 spiro atoms. The molecule has 0 amide bonds. The molecular weight excluding hydrogens is 456 g/mol. The third kappa shape index (κ3) is 5.10. The van der Waals surface area contributed by atoms with Crippen molar-refractivity contribution in [3.05, 3.63) is 100 Å². The van der Waals surface area contributed by atoms with Crippen molar-refractivity contribution in [2.24, 2.45) is 11.0 Å². The third-order valence-electron chi connectivity index (χ3n) is 6.81. The van der Waals surface area contributed by atoms with Crippen molar-refractivity contribution in [1.82, 2.24) is 5.01 Å². The fourth-order valence-electron chi connectivity index (χ4n) is 5.02. The summed E-state index contributed by atoms with van der Waals surface area (Å²) in [5, 5.41) is 18.9. The minimum atomic E-state index is -0.383. The molecule has 1 saturated carbocycles. The molecule has 1 fully saturated rings. The highest BCUT2D eigenvalue weighted by Crippen LogP contribution is 2.37. The van der Waals surface area contributed by atoms with Crippen LogP contribution < -0.4 is 4.90 Å². The quantitative estimate of drug-likeness (QED) is 0.210. The molecule has 0 N–H and O–H groups in total. The molecule has 2 aliphatic rings. The number of nitro groups is 1. The molecule has 3 aromatic rings. The van der Waals surface area contributed by atoms with E-state index in [9.17, 15) is 10.1 Å². The van der Waals surface area contributed by atoms with Crippen LogP contribution in [0.25, 0.3) is 0 Å². The smallest absolute Gasteiger partial charge is 0.269 e. The lowest BCUT2D eigenvalue weighted by atomic mass is 9.84. The van der Waals surface area contributed by atoms with Crippen molar-refractivity contribution in [3.8, 4) is 0 Å². The van der Waals surface area contributed by atoms with Gasteiger partial charge in [0.05, 0.1) is 22.9 Å². The van der Waals surface area contributed by atoms with Crippen LogP contribution in [0, 0.1) is 16.0 Å². The first kappa shape index (κ1) is 23.2. The van der Waals surface area contributed by atoms with Crippen molar-refractivity contribution >= 4 is 40.1 Å². The number of anilines is 2. The normalized spacial score (nSPS) is 16.5. The summed E-state index contributed by atoms with van der Waals surface area (Å²) >= 11 is 6.05. The van der Waals surface area contributed by atoms with E-state index in [1.165, 1.54) is 44.2 Å². The van der Waals surface area contributed by atoms with E-state index < -0.39 is 0 Å². The summed E-state index contributed by atoms with van der Waals surface area (Å²) in [6.45, 7) is 0.547. The number of nitrogens with zero attached hydrogens (tertiary/aromatic N) is 4. The fourth-order valence-corrected chi connectivity index (χ4v) is 5.33. The van der Waals surface area contributed by atoms with E-state index in [4.69, 9.17) is 17.3 Å². The van der Waals surface area contributed by atoms with E-state index in [-0.39, 0.29) is 10.6 Å². The van der Waals surface area contributed by atoms with E-state index in [2.05, 4.69) is 24.3 Å². The number of thiocarbonyl (C=S) groups is 1. The van der Waals surface area contributed by atoms with Crippen LogP contribution in [0.3, 0.4) is 0 Å². The minimum Gasteiger partial charge on any atom is -0.285 e. The average Bonchev–Trinajstić information content (AvgIpc) is 3.00. The lowest BCUT2D eigenvalue weighted by Crippen LogP contribution is -2.36. The zero-order valence-electron chi connectivity index (χ0n) is 19.5. The lowest BCUT2D eigenvalue weighted by Gasteiger charge is -2.29. The number of rotatable bonds is 6. The molecule has 0 saturated heterocycles. The van der Waals surface area contributed by atoms with Gasteiger partial charge in [-0.05, 0) is 48.3 Å². The van der Waals surface area contributed by atoms with Crippen LogP contribution in [0.15, 0.2) is 84.0 Å². The number of para-hydroxylation sites is 1. The van der Waals surface area contributed by atoms with Gasteiger partial charge in [-0.25, -0.2) is 5.01 Å². The number of hydrogen-bond acceptors (Lipinski definition) is 4. The Bertz CT molecular complexity index is 1240. The van der Waals surface area contributed by atoms with Crippen molar-refractivity contribution < 1.29 is 4.92 Å². The van der Waals surface area contributed by atoms with Crippen molar-refractivity contribution in [1.29, 1.82) is 0 Å². The Morgan fingerprint density at radius 3 is 2.31 bits per heavy atom. The second-order valence-corrected chi connectivity index (χ2v) is 9.57. The number of non-ortho nitro benzene ring substituents is 1. The molecule has 1 heterocycles. The molecule has 1 aliphatic heterocycles. The molecule has 35 heavy (non-hydrogen) atoms. The Kier molecular flexibility index (Phi) is 6.86. The average molecular weight is 485 g/mol. The van der Waals surface area contributed by atoms with Crippen molar-refractivity contribution in [2.75, 3.05) is 4.90 Å². The van der Waals surface area contributed by atoms with Gasteiger partial charge in [-0.2, -0.15) is 5.10 Å². The van der Waals surface area contributed by atoms with Gasteiger partial charge in [0, 0.05) is 23.4 Å². The molecule has 0 unspecified atom stereocenters. The Hall–Kier alpha value is -3.58. The van der Waals surface area contributed by atoms with Crippen molar-refractivity contribution in [2.45, 2.75) is 45.1 Å². The highest BCUT2D eigenvalue weighted by molar-refractivity contribution is 7.80. The van der Waals surface area contributed by atoms with Crippen LogP contribution >= 0.6 is 12.2 Å². The van der Waals surface area contributed by atoms with Crippen LogP contribution in [-0.4, -0.2) is 20.8 Å². The van der Waals surface area contributed by atoms with Crippen LogP contribution in [0.1, 0.15) is 49.7 Å². The van der Waals surface area contributed by atoms with Crippen LogP contribution in [0.5, 0.6) is 0 Å². The molecule has 0 aromatic heterocycles. The number of nitro benzene ring substituents is 1. The molecule has 5 rings (SSSR count). The van der Waals surface area contributed by atoms with Gasteiger partial charge >= 0.3 is 0 Å². The monoisotopic (exact) mass is 484 g/mol. The van der Waals surface area contributed by atoms with Gasteiger partial charge in [0.25, 0.3) is 5.69 Å². The summed E-state index contributed by atoms with van der Waals surface area (Å²) in [5.41, 5.74) is 5.02. The topological polar surface area (TPSA) is 62.0 Å². The summed E-state index contributed by atoms with van der Waals surface area (Å²) in [5.74, 6) is 0.619. The molecule has 1 aliphatic carbocycles. The van der Waals surface area contributed by atoms with E-state index in [0.29, 0.717) is 17.6 Å². The fraction of sp³-hybridized carbons (Fsp3) is 0.286. The summed E-state index contributed by atoms with van der Waals surface area (Å²) in [7, 11) is 0. The van der Waals surface area contributed by atoms with Gasteiger partial charge in [0.2, 0.25) is 5.11 Å². The maximum atomic E-state index is 11.2. The lowest BCUT2D eigenvalue weighted by molar-refractivity contribution is -0.384. The Balaban J connectivity index is 1.59. The van der Waals surface area contributed by atoms with E-state index >= 15 is 0 Å². The zero-order valence-corrected chi connectivity index (χ0v) is 20.4. The van der Waals surface area contributed by atoms with Crippen LogP contribution in [0.4, 0.5) is 17.1 Å². The van der Waals surface area contributed by atoms with Gasteiger partial charge in [-0.1, -0.05) is 80.6 Å². The standard InChI is InChI=1S/C28H28N4O2S/c33-32(34)24-17-15-23(16-18-24)31-27-14-8-7-13-25(27)26(19-21-9-3-1-4-10-21)29-30(28(31)35)20-22-11-5-2-6-12-22/h2,5-8,11-18,21H,1,3-4,9-10,19-20H2. The Morgan fingerprint density at radius 2 is 1.60 bits per heavy atom. The molecule has 0 radical (unpaired) electrons. The van der Waals surface area contributed by atoms with Crippen LogP contribution in [0.2, 0.25) is 0 Å². The summed E-state index contributed by atoms with van der Waals surface area (Å²) < 4.78 is 0. The van der Waals surface area contributed by atoms with Gasteiger partial charge in [-0.15, -0.1) is 0 Å². The van der Waals surface area contributed by atoms with Gasteiger partial charge in [0.1, 0.15) is 0 Å². The predicted molar refractivity (Wildman–Crippen MR) is 144 cm³/mol. The summed E-state index contributed by atoms with van der Waals surface area (Å²) in [6.07, 6.45) is 7.25. The zero-order chi connectivity index (χ0) is 24.2. The highest BCUT2D eigenvalue weighted by atomic mass is 32.1. The van der Waals surface area contributed by atoms with E-state index in [1.807, 2.05) is 40.2 Å². The second kappa shape index (κ2) is 10.4. The predicted octanol–water partition coefficient (Wildman–Crippen LogP) is 7.21. The minimum absolute atomic E-state index is 0.0538. The largest absolute Gasteiger partial charge is 0.285 e. The first-order valence-electron chi connectivity index (χ1n) is 12.2. The van der Waals surface area contributed by atoms with Gasteiger partial charge in [-0.3, -0.25) is 15.0 Å². The number of hydrogen-bond donors (Lipinski definition) is 0. The SMILES string of the molecule is O=[N+]([O-])c1ccc(N2C(=S)N(Cc3ccccc3)N=C(CC3CCCCC3)c3ccccc32)cc1. The third-order valence-corrected chi connectivity index (χ3v) is 7.20. The molecular formula is C28H28N4O2S. The number of benzene rings is 3. The number of fused-ring (bicyclic) bond motifs is 1. The Labute approximate surface area is 211 Å². The highest BCUT2D eigenvalue weighted by Gasteiger charge is 2.30. The molecule has 0 bridgehead atoms. The molecule has 0 atom stereocenters. The number of hydrazone groups is 1. The molecule has 3 aromatic carbocycles. The summed E-state index contributed by atoms with van der Waals surface area (Å²) in [4.78, 5) is 12.8. The molecule has 6 nitrogen and oxygen atoms in total. The Morgan fingerprint density at radius 1 is 0.914 bits per heavy atom. The molecule has 7 heteroatoms. The van der Waals surface area contributed by atoms with Gasteiger partial charge in [0.15, 0.2) is 0 Å². The summed E-state index contributed by atoms with van der Waals surface area (Å²) in [6, 6.07) is 25.0. The van der Waals surface area contributed by atoms with Gasteiger partial charge < -0.3 is 0 Å². The molecule has 178 valence electrons. The maximum absolute atomic E-state index is 11.2. The second-order valence-electron chi connectivity index (χ2n) is 9.21. The van der Waals surface area contributed by atoms with E-state index in [1.54, 1.807) is 12.1 Å². The van der Waals surface area contributed by atoms with Crippen molar-refractivity contribution in [3.63, 3.8) is 0 Å². The first-order chi connectivity index (χ1) is 17.1. The first-order valence-corrected chi connectivity index (χ1v) is 12.6. The van der Waals surface area contributed by atoms with E-state index in [0.717, 1.165) is 34.6 Å².